The van der Waals surface area contributed by atoms with E-state index < -0.39 is 5.82 Å². The number of aromatic nitrogens is 1. The molecule has 0 saturated heterocycles. The van der Waals surface area contributed by atoms with E-state index in [4.69, 9.17) is 0 Å². The number of amides is 1. The molecular weight excluding hydrogens is 334 g/mol. The summed E-state index contributed by atoms with van der Waals surface area (Å²) >= 11 is 0. The molecule has 1 N–H and O–H groups in total. The quantitative estimate of drug-likeness (QED) is 0.703. The molecule has 3 aromatic rings. The summed E-state index contributed by atoms with van der Waals surface area (Å²) in [6.45, 7) is 5.95. The molecule has 1 amide bonds. The molecule has 1 heterocycles. The van der Waals surface area contributed by atoms with Crippen LogP contribution in [-0.4, -0.2) is 10.5 Å². The third-order valence-electron chi connectivity index (χ3n) is 4.72. The zero-order valence-electron chi connectivity index (χ0n) is 14.9. The van der Waals surface area contributed by atoms with E-state index >= 15 is 0 Å². The Labute approximate surface area is 151 Å². The summed E-state index contributed by atoms with van der Waals surface area (Å²) in [6.07, 6.45) is 0. The molecule has 134 valence electrons. The summed E-state index contributed by atoms with van der Waals surface area (Å²) < 4.78 is 29.3. The number of carbonyl (C=O) groups is 1. The summed E-state index contributed by atoms with van der Waals surface area (Å²) in [6, 6.07) is 12.2. The first-order chi connectivity index (χ1) is 12.4. The third-order valence-corrected chi connectivity index (χ3v) is 4.72. The highest BCUT2D eigenvalue weighted by Crippen LogP contribution is 2.24. The Morgan fingerprint density at radius 2 is 1.73 bits per heavy atom. The van der Waals surface area contributed by atoms with Crippen molar-refractivity contribution in [1.29, 1.82) is 0 Å². The van der Waals surface area contributed by atoms with Gasteiger partial charge in [0.15, 0.2) is 0 Å². The maximum absolute atomic E-state index is 14.1. The Balaban J connectivity index is 2.00. The number of rotatable bonds is 4. The normalized spacial score (nSPS) is 10.8. The zero-order valence-corrected chi connectivity index (χ0v) is 14.9. The van der Waals surface area contributed by atoms with Crippen LogP contribution in [0.5, 0.6) is 0 Å². The minimum absolute atomic E-state index is 0.249. The van der Waals surface area contributed by atoms with E-state index in [1.165, 1.54) is 24.3 Å². The second kappa shape index (κ2) is 7.12. The van der Waals surface area contributed by atoms with Gasteiger partial charge in [0.25, 0.3) is 5.91 Å². The van der Waals surface area contributed by atoms with Crippen LogP contribution in [0.2, 0.25) is 0 Å². The number of halogens is 2. The average molecular weight is 354 g/mol. The lowest BCUT2D eigenvalue weighted by atomic mass is 10.1. The molecule has 0 atom stereocenters. The van der Waals surface area contributed by atoms with E-state index in [0.717, 1.165) is 16.8 Å². The van der Waals surface area contributed by atoms with Crippen molar-refractivity contribution in [2.75, 3.05) is 5.32 Å². The maximum atomic E-state index is 14.1. The summed E-state index contributed by atoms with van der Waals surface area (Å²) in [7, 11) is 0. The monoisotopic (exact) mass is 354 g/mol. The van der Waals surface area contributed by atoms with E-state index in [-0.39, 0.29) is 18.3 Å². The van der Waals surface area contributed by atoms with Gasteiger partial charge in [-0.2, -0.15) is 0 Å². The molecule has 0 aliphatic rings. The van der Waals surface area contributed by atoms with Gasteiger partial charge in [-0.05, 0) is 56.2 Å². The molecule has 3 nitrogen and oxygen atoms in total. The third kappa shape index (κ3) is 3.38. The van der Waals surface area contributed by atoms with Gasteiger partial charge >= 0.3 is 0 Å². The zero-order chi connectivity index (χ0) is 18.8. The van der Waals surface area contributed by atoms with Gasteiger partial charge in [-0.25, -0.2) is 8.78 Å². The van der Waals surface area contributed by atoms with E-state index in [2.05, 4.69) is 5.32 Å². The molecule has 3 rings (SSSR count). The van der Waals surface area contributed by atoms with Gasteiger partial charge < -0.3 is 9.88 Å². The van der Waals surface area contributed by atoms with Crippen LogP contribution < -0.4 is 5.32 Å². The lowest BCUT2D eigenvalue weighted by molar-refractivity contribution is 0.101. The molecule has 0 radical (unpaired) electrons. The van der Waals surface area contributed by atoms with Crippen molar-refractivity contribution >= 4 is 11.6 Å². The Morgan fingerprint density at radius 3 is 2.42 bits per heavy atom. The van der Waals surface area contributed by atoms with Crippen molar-refractivity contribution in [3.05, 3.63) is 88.2 Å². The number of benzene rings is 2. The largest absolute Gasteiger partial charge is 0.336 e. The molecule has 0 bridgehead atoms. The molecule has 0 aliphatic carbocycles. The fraction of sp³-hybridized carbons (Fsp3) is 0.190. The fourth-order valence-electron chi connectivity index (χ4n) is 3.07. The highest BCUT2D eigenvalue weighted by atomic mass is 19.1. The van der Waals surface area contributed by atoms with Gasteiger partial charge in [-0.15, -0.1) is 0 Å². The number of anilines is 1. The van der Waals surface area contributed by atoms with Crippen molar-refractivity contribution in [3.8, 4) is 0 Å². The van der Waals surface area contributed by atoms with Crippen LogP contribution in [0.3, 0.4) is 0 Å². The first-order valence-electron chi connectivity index (χ1n) is 8.35. The number of carbonyl (C=O) groups excluding carboxylic acids is 1. The summed E-state index contributed by atoms with van der Waals surface area (Å²) in [5, 5.41) is 2.73. The van der Waals surface area contributed by atoms with E-state index in [1.807, 2.05) is 20.8 Å². The summed E-state index contributed by atoms with van der Waals surface area (Å²) in [5.74, 6) is -1.08. The van der Waals surface area contributed by atoms with Gasteiger partial charge in [0.05, 0.1) is 6.54 Å². The average Bonchev–Trinajstić information content (AvgIpc) is 2.81. The Kier molecular flexibility index (Phi) is 4.89. The summed E-state index contributed by atoms with van der Waals surface area (Å²) in [4.78, 5) is 12.9. The summed E-state index contributed by atoms with van der Waals surface area (Å²) in [5.41, 5.74) is 4.04. The van der Waals surface area contributed by atoms with E-state index in [1.54, 1.807) is 28.8 Å². The second-order valence-electron chi connectivity index (χ2n) is 6.33. The van der Waals surface area contributed by atoms with Crippen molar-refractivity contribution in [3.63, 3.8) is 0 Å². The molecule has 1 aromatic heterocycles. The second-order valence-corrected chi connectivity index (χ2v) is 6.33. The van der Waals surface area contributed by atoms with Crippen LogP contribution in [0.25, 0.3) is 0 Å². The Morgan fingerprint density at radius 1 is 1.00 bits per heavy atom. The van der Waals surface area contributed by atoms with Crippen LogP contribution in [0.1, 0.15) is 32.9 Å². The molecule has 0 unspecified atom stereocenters. The Hall–Kier alpha value is -2.95. The number of hydrogen-bond acceptors (Lipinski definition) is 1. The highest BCUT2D eigenvalue weighted by molar-refractivity contribution is 6.04. The Bertz CT molecular complexity index is 976. The van der Waals surface area contributed by atoms with Crippen LogP contribution >= 0.6 is 0 Å². The number of nitrogens with one attached hydrogen (secondary N) is 1. The van der Waals surface area contributed by atoms with Gasteiger partial charge in [0.2, 0.25) is 0 Å². The molecule has 0 aliphatic heterocycles. The number of nitrogens with zero attached hydrogens (tertiary/aromatic N) is 1. The molecule has 0 saturated carbocycles. The first-order valence-corrected chi connectivity index (χ1v) is 8.35. The van der Waals surface area contributed by atoms with Crippen LogP contribution in [0.4, 0.5) is 14.5 Å². The van der Waals surface area contributed by atoms with Crippen molar-refractivity contribution in [2.24, 2.45) is 0 Å². The molecule has 2 aromatic carbocycles. The van der Waals surface area contributed by atoms with Crippen LogP contribution in [-0.2, 0) is 6.54 Å². The topological polar surface area (TPSA) is 34.0 Å². The van der Waals surface area contributed by atoms with Crippen molar-refractivity contribution in [1.82, 2.24) is 4.57 Å². The van der Waals surface area contributed by atoms with E-state index in [0.29, 0.717) is 16.9 Å². The lowest BCUT2D eigenvalue weighted by Gasteiger charge is -2.13. The molecule has 0 spiro atoms. The minimum atomic E-state index is -0.423. The molecular formula is C21H20F2N2O. The molecule has 0 fully saturated rings. The van der Waals surface area contributed by atoms with Crippen molar-refractivity contribution < 1.29 is 13.6 Å². The minimum Gasteiger partial charge on any atom is -0.336 e. The number of hydrogen-bond donors (Lipinski definition) is 1. The van der Waals surface area contributed by atoms with Crippen molar-refractivity contribution in [2.45, 2.75) is 27.3 Å². The van der Waals surface area contributed by atoms with Crippen LogP contribution in [0, 0.1) is 32.4 Å². The van der Waals surface area contributed by atoms with Gasteiger partial charge in [0.1, 0.15) is 17.3 Å². The highest BCUT2D eigenvalue weighted by Gasteiger charge is 2.21. The van der Waals surface area contributed by atoms with Gasteiger partial charge in [-0.3, -0.25) is 4.79 Å². The first kappa shape index (κ1) is 17.9. The maximum Gasteiger partial charge on any atom is 0.272 e. The molecule has 5 heteroatoms. The standard InChI is InChI=1S/C21H20F2N2O/c1-13-14(2)20(21(26)24-18-9-6-8-17(22)11-18)25(15(13)3)12-16-7-4-5-10-19(16)23/h4-11H,12H2,1-3H3,(H,24,26). The predicted molar refractivity (Wildman–Crippen MR) is 98.5 cm³/mol. The predicted octanol–water partition coefficient (Wildman–Crippen LogP) is 4.99. The lowest BCUT2D eigenvalue weighted by Crippen LogP contribution is -2.19. The van der Waals surface area contributed by atoms with E-state index in [9.17, 15) is 13.6 Å². The van der Waals surface area contributed by atoms with Gasteiger partial charge in [0, 0.05) is 16.9 Å². The SMILES string of the molecule is Cc1c(C)c(C(=O)Nc2cccc(F)c2)n(Cc2ccccc2F)c1C. The molecule has 26 heavy (non-hydrogen) atoms. The fourth-order valence-corrected chi connectivity index (χ4v) is 3.07. The van der Waals surface area contributed by atoms with Crippen LogP contribution in [0.15, 0.2) is 48.5 Å². The van der Waals surface area contributed by atoms with Gasteiger partial charge in [-0.1, -0.05) is 24.3 Å². The smallest absolute Gasteiger partial charge is 0.272 e.